The van der Waals surface area contributed by atoms with Gasteiger partial charge in [-0.3, -0.25) is 4.79 Å². The third-order valence-electron chi connectivity index (χ3n) is 3.39. The van der Waals surface area contributed by atoms with Gasteiger partial charge in [-0.15, -0.1) is 0 Å². The van der Waals surface area contributed by atoms with E-state index in [0.29, 0.717) is 5.69 Å². The summed E-state index contributed by atoms with van der Waals surface area (Å²) in [5, 5.41) is 14.9. The van der Waals surface area contributed by atoms with Gasteiger partial charge in [0.15, 0.2) is 17.1 Å². The van der Waals surface area contributed by atoms with Crippen LogP contribution in [0.1, 0.15) is 26.7 Å². The second-order valence-corrected chi connectivity index (χ2v) is 5.20. The van der Waals surface area contributed by atoms with E-state index in [9.17, 15) is 22.8 Å². The summed E-state index contributed by atoms with van der Waals surface area (Å²) in [7, 11) is 0. The number of hydrogen-bond donors (Lipinski definition) is 2. The fraction of sp³-hybridized carbons (Fsp3) is 0.0625. The van der Waals surface area contributed by atoms with Crippen LogP contribution in [0.3, 0.4) is 0 Å². The van der Waals surface area contributed by atoms with Gasteiger partial charge in [0.05, 0.1) is 5.69 Å². The predicted molar refractivity (Wildman–Crippen MR) is 85.5 cm³/mol. The second kappa shape index (κ2) is 6.86. The molecule has 0 aliphatic rings. The lowest BCUT2D eigenvalue weighted by Crippen LogP contribution is -2.19. The quantitative estimate of drug-likeness (QED) is 0.723. The van der Waals surface area contributed by atoms with Gasteiger partial charge in [-0.05, 0) is 30.3 Å². The van der Waals surface area contributed by atoms with Gasteiger partial charge in [0, 0.05) is 24.3 Å². The van der Waals surface area contributed by atoms with Gasteiger partial charge in [-0.2, -0.15) is 18.3 Å². The summed E-state index contributed by atoms with van der Waals surface area (Å²) >= 11 is 0. The number of amides is 1. The minimum absolute atomic E-state index is 0.286. The molecule has 1 amide bonds. The maximum atomic E-state index is 12.6. The Morgan fingerprint density at radius 1 is 1.00 bits per heavy atom. The van der Waals surface area contributed by atoms with Gasteiger partial charge in [-0.25, -0.2) is 19.4 Å². The average Bonchev–Trinajstić information content (AvgIpc) is 3.13. The average molecular weight is 377 g/mol. The monoisotopic (exact) mass is 377 g/mol. The van der Waals surface area contributed by atoms with E-state index in [1.807, 2.05) is 0 Å². The van der Waals surface area contributed by atoms with E-state index in [2.05, 4.69) is 20.4 Å². The number of halogens is 3. The Balaban J connectivity index is 1.78. The topological polar surface area (TPSA) is 110 Å². The van der Waals surface area contributed by atoms with Crippen LogP contribution in [-0.4, -0.2) is 36.7 Å². The number of nitrogens with zero attached hydrogens (tertiary/aromatic N) is 4. The molecule has 3 rings (SSSR count). The third-order valence-corrected chi connectivity index (χ3v) is 3.39. The standard InChI is InChI=1S/C16H10F3N5O3/c17-16(18,19)11-5-8-24(23-11)10-3-1-9(2-4-10)22-14(25)12-13(15(26)27)21-7-6-20-12/h1-8H,(H,22,25)(H,26,27). The predicted octanol–water partition coefficient (Wildman–Crippen LogP) is 2.63. The molecule has 0 radical (unpaired) electrons. The number of anilines is 1. The van der Waals surface area contributed by atoms with Gasteiger partial charge in [0.2, 0.25) is 0 Å². The van der Waals surface area contributed by atoms with E-state index in [1.165, 1.54) is 30.5 Å². The normalized spacial score (nSPS) is 11.2. The van der Waals surface area contributed by atoms with Crippen LogP contribution < -0.4 is 5.32 Å². The molecule has 0 saturated heterocycles. The summed E-state index contributed by atoms with van der Waals surface area (Å²) < 4.78 is 38.8. The number of carboxylic acid groups (broad SMARTS) is 1. The number of carboxylic acids is 1. The van der Waals surface area contributed by atoms with Crippen LogP contribution in [0.5, 0.6) is 0 Å². The first-order valence-corrected chi connectivity index (χ1v) is 7.34. The minimum atomic E-state index is -4.54. The van der Waals surface area contributed by atoms with Crippen molar-refractivity contribution in [1.82, 2.24) is 19.7 Å². The molecule has 0 spiro atoms. The molecule has 0 saturated carbocycles. The lowest BCUT2D eigenvalue weighted by Gasteiger charge is -2.08. The highest BCUT2D eigenvalue weighted by atomic mass is 19.4. The lowest BCUT2D eigenvalue weighted by molar-refractivity contribution is -0.141. The Labute approximate surface area is 149 Å². The molecule has 8 nitrogen and oxygen atoms in total. The van der Waals surface area contributed by atoms with Crippen molar-refractivity contribution in [2.75, 3.05) is 5.32 Å². The molecular formula is C16H10F3N5O3. The number of benzene rings is 1. The summed E-state index contributed by atoms with van der Waals surface area (Å²) in [4.78, 5) is 30.6. The SMILES string of the molecule is O=C(O)c1nccnc1C(=O)Nc1ccc(-n2ccc(C(F)(F)F)n2)cc1. The molecule has 0 unspecified atom stereocenters. The fourth-order valence-electron chi connectivity index (χ4n) is 2.17. The summed E-state index contributed by atoms with van der Waals surface area (Å²) in [5.74, 6) is -2.19. The second-order valence-electron chi connectivity index (χ2n) is 5.20. The number of carbonyl (C=O) groups is 2. The van der Waals surface area contributed by atoms with Crippen molar-refractivity contribution in [3.8, 4) is 5.69 Å². The largest absolute Gasteiger partial charge is 0.476 e. The van der Waals surface area contributed by atoms with Crippen molar-refractivity contribution >= 4 is 17.6 Å². The molecule has 27 heavy (non-hydrogen) atoms. The van der Waals surface area contributed by atoms with Gasteiger partial charge in [0.1, 0.15) is 0 Å². The molecule has 2 N–H and O–H groups in total. The van der Waals surface area contributed by atoms with Crippen LogP contribution in [0.4, 0.5) is 18.9 Å². The molecule has 2 heterocycles. The van der Waals surface area contributed by atoms with E-state index >= 15 is 0 Å². The van der Waals surface area contributed by atoms with Crippen molar-refractivity contribution < 1.29 is 27.9 Å². The molecule has 2 aromatic heterocycles. The Kier molecular flexibility index (Phi) is 4.59. The molecule has 0 aliphatic heterocycles. The summed E-state index contributed by atoms with van der Waals surface area (Å²) in [6, 6.07) is 6.59. The van der Waals surface area contributed by atoms with E-state index in [1.54, 1.807) is 0 Å². The van der Waals surface area contributed by atoms with Crippen LogP contribution in [0, 0.1) is 0 Å². The first-order valence-electron chi connectivity index (χ1n) is 7.34. The zero-order valence-electron chi connectivity index (χ0n) is 13.3. The number of carbonyl (C=O) groups excluding carboxylic acids is 1. The van der Waals surface area contributed by atoms with Gasteiger partial charge in [-0.1, -0.05) is 0 Å². The van der Waals surface area contributed by atoms with Gasteiger partial charge >= 0.3 is 12.1 Å². The number of aromatic carboxylic acids is 1. The fourth-order valence-corrected chi connectivity index (χ4v) is 2.17. The van der Waals surface area contributed by atoms with Gasteiger partial charge in [0.25, 0.3) is 5.91 Å². The first-order chi connectivity index (χ1) is 12.8. The molecule has 0 bridgehead atoms. The molecule has 0 atom stereocenters. The highest BCUT2D eigenvalue weighted by molar-refractivity contribution is 6.08. The van der Waals surface area contributed by atoms with E-state index < -0.39 is 29.4 Å². The van der Waals surface area contributed by atoms with Gasteiger partial charge < -0.3 is 10.4 Å². The Bertz CT molecular complexity index is 999. The maximum Gasteiger partial charge on any atom is 0.435 e. The highest BCUT2D eigenvalue weighted by Crippen LogP contribution is 2.28. The van der Waals surface area contributed by atoms with Crippen molar-refractivity contribution in [3.63, 3.8) is 0 Å². The van der Waals surface area contributed by atoms with Crippen LogP contribution in [0.15, 0.2) is 48.9 Å². The van der Waals surface area contributed by atoms with Crippen molar-refractivity contribution in [2.45, 2.75) is 6.18 Å². The molecule has 11 heteroatoms. The lowest BCUT2D eigenvalue weighted by atomic mass is 10.2. The Morgan fingerprint density at radius 3 is 2.19 bits per heavy atom. The highest BCUT2D eigenvalue weighted by Gasteiger charge is 2.33. The zero-order chi connectivity index (χ0) is 19.6. The van der Waals surface area contributed by atoms with E-state index in [0.717, 1.165) is 23.1 Å². The molecular weight excluding hydrogens is 367 g/mol. The summed E-state index contributed by atoms with van der Waals surface area (Å²) in [6.45, 7) is 0. The van der Waals surface area contributed by atoms with E-state index in [-0.39, 0.29) is 11.4 Å². The Morgan fingerprint density at radius 2 is 1.63 bits per heavy atom. The van der Waals surface area contributed by atoms with Crippen LogP contribution in [-0.2, 0) is 6.18 Å². The number of aromatic nitrogens is 4. The van der Waals surface area contributed by atoms with E-state index in [4.69, 9.17) is 5.11 Å². The zero-order valence-corrected chi connectivity index (χ0v) is 13.3. The van der Waals surface area contributed by atoms with Crippen molar-refractivity contribution in [2.24, 2.45) is 0 Å². The molecule has 3 aromatic rings. The smallest absolute Gasteiger partial charge is 0.435 e. The molecule has 0 aliphatic carbocycles. The summed E-state index contributed by atoms with van der Waals surface area (Å²) in [6.07, 6.45) is -1.05. The van der Waals surface area contributed by atoms with Crippen LogP contribution >= 0.6 is 0 Å². The number of alkyl halides is 3. The van der Waals surface area contributed by atoms with Crippen LogP contribution in [0.25, 0.3) is 5.69 Å². The van der Waals surface area contributed by atoms with Crippen LogP contribution in [0.2, 0.25) is 0 Å². The Hall–Kier alpha value is -3.76. The first kappa shape index (κ1) is 18.0. The molecule has 138 valence electrons. The van der Waals surface area contributed by atoms with Crippen molar-refractivity contribution in [3.05, 3.63) is 66.0 Å². The van der Waals surface area contributed by atoms with Crippen molar-refractivity contribution in [1.29, 1.82) is 0 Å². The number of hydrogen-bond acceptors (Lipinski definition) is 5. The number of nitrogens with one attached hydrogen (secondary N) is 1. The molecule has 1 aromatic carbocycles. The maximum absolute atomic E-state index is 12.6. The number of rotatable bonds is 4. The molecule has 0 fully saturated rings. The summed E-state index contributed by atoms with van der Waals surface area (Å²) in [5.41, 5.74) is -1.26. The minimum Gasteiger partial charge on any atom is -0.476 e. The third kappa shape index (κ3) is 3.92.